The molecule has 4 nitrogen and oxygen atoms in total. The molecule has 0 aromatic carbocycles. The molecule has 1 aliphatic heterocycles. The Morgan fingerprint density at radius 3 is 2.75 bits per heavy atom. The molecular formula is C8H17NO3. The van der Waals surface area contributed by atoms with Crippen LogP contribution >= 0.6 is 0 Å². The van der Waals surface area contributed by atoms with Gasteiger partial charge in [0.15, 0.2) is 0 Å². The van der Waals surface area contributed by atoms with Crippen LogP contribution in [0.4, 0.5) is 0 Å². The number of likely N-dealkylation sites (tertiary alicyclic amines) is 1. The van der Waals surface area contributed by atoms with E-state index in [1.807, 2.05) is 11.8 Å². The number of aliphatic hydroxyl groups is 2. The summed E-state index contributed by atoms with van der Waals surface area (Å²) >= 11 is 0. The Kier molecular flexibility index (Phi) is 3.94. The fourth-order valence-electron chi connectivity index (χ4n) is 1.30. The molecule has 4 heteroatoms. The maximum atomic E-state index is 9.35. The smallest absolute Gasteiger partial charge is 0.0900 e. The van der Waals surface area contributed by atoms with Gasteiger partial charge in [-0.2, -0.15) is 0 Å². The average molecular weight is 175 g/mol. The highest BCUT2D eigenvalue weighted by Crippen LogP contribution is 2.07. The van der Waals surface area contributed by atoms with Gasteiger partial charge in [-0.15, -0.1) is 0 Å². The highest BCUT2D eigenvalue weighted by atomic mass is 16.5. The van der Waals surface area contributed by atoms with Gasteiger partial charge in [0.1, 0.15) is 0 Å². The predicted octanol–water partition coefficient (Wildman–Crippen LogP) is -0.940. The second kappa shape index (κ2) is 4.77. The van der Waals surface area contributed by atoms with Crippen LogP contribution in [0, 0.1) is 0 Å². The van der Waals surface area contributed by atoms with E-state index in [1.54, 1.807) is 0 Å². The van der Waals surface area contributed by atoms with Crippen molar-refractivity contribution in [1.29, 1.82) is 0 Å². The first-order valence-electron chi connectivity index (χ1n) is 4.38. The van der Waals surface area contributed by atoms with Crippen molar-refractivity contribution in [2.45, 2.75) is 19.1 Å². The molecular weight excluding hydrogens is 158 g/mol. The predicted molar refractivity (Wildman–Crippen MR) is 44.9 cm³/mol. The topological polar surface area (TPSA) is 52.9 Å². The molecule has 1 heterocycles. The summed E-state index contributed by atoms with van der Waals surface area (Å²) in [5.41, 5.74) is 0. The third-order valence-electron chi connectivity index (χ3n) is 1.92. The van der Waals surface area contributed by atoms with Gasteiger partial charge in [-0.05, 0) is 6.92 Å². The molecule has 0 bridgehead atoms. The summed E-state index contributed by atoms with van der Waals surface area (Å²) < 4.78 is 5.05. The first kappa shape index (κ1) is 9.92. The summed E-state index contributed by atoms with van der Waals surface area (Å²) in [5, 5.41) is 18.3. The van der Waals surface area contributed by atoms with E-state index in [0.717, 1.165) is 0 Å². The Balaban J connectivity index is 1.98. The molecule has 1 rings (SSSR count). The molecule has 0 saturated carbocycles. The number of ether oxygens (including phenoxy) is 1. The van der Waals surface area contributed by atoms with Crippen LogP contribution in [-0.2, 0) is 4.74 Å². The van der Waals surface area contributed by atoms with Crippen LogP contribution in [0.2, 0.25) is 0 Å². The summed E-state index contributed by atoms with van der Waals surface area (Å²) in [6.45, 7) is 4.91. The Labute approximate surface area is 72.7 Å². The van der Waals surface area contributed by atoms with E-state index in [0.29, 0.717) is 32.8 Å². The standard InChI is InChI=1S/C8H17NO3/c1-2-12-6-8(11)5-9-3-7(10)4-9/h7-8,10-11H,2-6H2,1H3. The van der Waals surface area contributed by atoms with E-state index in [-0.39, 0.29) is 6.10 Å². The number of hydrogen-bond acceptors (Lipinski definition) is 4. The van der Waals surface area contributed by atoms with Crippen molar-refractivity contribution >= 4 is 0 Å². The van der Waals surface area contributed by atoms with Gasteiger partial charge in [0.2, 0.25) is 0 Å². The lowest BCUT2D eigenvalue weighted by atomic mass is 10.1. The quantitative estimate of drug-likeness (QED) is 0.566. The molecule has 1 atom stereocenters. The van der Waals surface area contributed by atoms with Crippen molar-refractivity contribution in [3.8, 4) is 0 Å². The van der Waals surface area contributed by atoms with E-state index < -0.39 is 6.10 Å². The molecule has 12 heavy (non-hydrogen) atoms. The van der Waals surface area contributed by atoms with Crippen molar-refractivity contribution < 1.29 is 14.9 Å². The van der Waals surface area contributed by atoms with Crippen LogP contribution in [0.1, 0.15) is 6.92 Å². The summed E-state index contributed by atoms with van der Waals surface area (Å²) in [4.78, 5) is 2.01. The molecule has 0 radical (unpaired) electrons. The normalized spacial score (nSPS) is 22.2. The number of β-amino-alcohol motifs (C(OH)–C–C–N with tert-alkyl or cyclic N) is 2. The minimum atomic E-state index is -0.419. The summed E-state index contributed by atoms with van der Waals surface area (Å²) in [6.07, 6.45) is -0.609. The van der Waals surface area contributed by atoms with Gasteiger partial charge in [-0.1, -0.05) is 0 Å². The van der Waals surface area contributed by atoms with Crippen LogP contribution in [-0.4, -0.2) is 60.2 Å². The summed E-state index contributed by atoms with van der Waals surface area (Å²) in [7, 11) is 0. The zero-order valence-corrected chi connectivity index (χ0v) is 7.44. The van der Waals surface area contributed by atoms with E-state index in [4.69, 9.17) is 9.84 Å². The maximum absolute atomic E-state index is 9.35. The van der Waals surface area contributed by atoms with Gasteiger partial charge in [-0.3, -0.25) is 4.90 Å². The van der Waals surface area contributed by atoms with E-state index >= 15 is 0 Å². The fourth-order valence-corrected chi connectivity index (χ4v) is 1.30. The number of hydrogen-bond donors (Lipinski definition) is 2. The molecule has 0 aromatic rings. The van der Waals surface area contributed by atoms with Gasteiger partial charge in [0.05, 0.1) is 18.8 Å². The molecule has 1 unspecified atom stereocenters. The van der Waals surface area contributed by atoms with Gasteiger partial charge >= 0.3 is 0 Å². The van der Waals surface area contributed by atoms with Crippen LogP contribution in [0.5, 0.6) is 0 Å². The molecule has 1 aliphatic rings. The Morgan fingerprint density at radius 2 is 2.25 bits per heavy atom. The minimum absolute atomic E-state index is 0.190. The second-order valence-corrected chi connectivity index (χ2v) is 3.19. The zero-order valence-electron chi connectivity index (χ0n) is 7.44. The highest BCUT2D eigenvalue weighted by molar-refractivity contribution is 4.80. The minimum Gasteiger partial charge on any atom is -0.390 e. The van der Waals surface area contributed by atoms with Crippen molar-refractivity contribution in [2.75, 3.05) is 32.8 Å². The van der Waals surface area contributed by atoms with Crippen molar-refractivity contribution in [3.63, 3.8) is 0 Å². The summed E-state index contributed by atoms with van der Waals surface area (Å²) in [6, 6.07) is 0. The zero-order chi connectivity index (χ0) is 8.97. The van der Waals surface area contributed by atoms with Crippen LogP contribution in [0.15, 0.2) is 0 Å². The van der Waals surface area contributed by atoms with Gasteiger partial charge in [0.25, 0.3) is 0 Å². The second-order valence-electron chi connectivity index (χ2n) is 3.19. The van der Waals surface area contributed by atoms with Crippen LogP contribution in [0.3, 0.4) is 0 Å². The molecule has 1 saturated heterocycles. The monoisotopic (exact) mass is 175 g/mol. The number of nitrogens with zero attached hydrogens (tertiary/aromatic N) is 1. The fraction of sp³-hybridized carbons (Fsp3) is 1.00. The molecule has 72 valence electrons. The third kappa shape index (κ3) is 3.06. The van der Waals surface area contributed by atoms with E-state index in [9.17, 15) is 5.11 Å². The lowest BCUT2D eigenvalue weighted by Crippen LogP contribution is -2.53. The maximum Gasteiger partial charge on any atom is 0.0900 e. The Bertz CT molecular complexity index is 125. The van der Waals surface area contributed by atoms with Crippen LogP contribution < -0.4 is 0 Å². The molecule has 0 amide bonds. The molecule has 0 aromatic heterocycles. The van der Waals surface area contributed by atoms with Crippen molar-refractivity contribution in [1.82, 2.24) is 4.90 Å². The van der Waals surface area contributed by atoms with Gasteiger partial charge < -0.3 is 14.9 Å². The summed E-state index contributed by atoms with van der Waals surface area (Å²) in [5.74, 6) is 0. The van der Waals surface area contributed by atoms with E-state index in [1.165, 1.54) is 0 Å². The third-order valence-corrected chi connectivity index (χ3v) is 1.92. The number of rotatable bonds is 5. The Hall–Kier alpha value is -0.160. The van der Waals surface area contributed by atoms with Crippen LogP contribution in [0.25, 0.3) is 0 Å². The molecule has 0 aliphatic carbocycles. The first-order chi connectivity index (χ1) is 5.72. The lowest BCUT2D eigenvalue weighted by Gasteiger charge is -2.36. The lowest BCUT2D eigenvalue weighted by molar-refractivity contribution is -0.0402. The first-order valence-corrected chi connectivity index (χ1v) is 4.38. The van der Waals surface area contributed by atoms with Gasteiger partial charge in [-0.25, -0.2) is 0 Å². The SMILES string of the molecule is CCOCC(O)CN1CC(O)C1. The van der Waals surface area contributed by atoms with Gasteiger partial charge in [0, 0.05) is 26.2 Å². The molecule has 0 spiro atoms. The molecule has 2 N–H and O–H groups in total. The Morgan fingerprint density at radius 1 is 1.58 bits per heavy atom. The average Bonchev–Trinajstić information content (AvgIpc) is 1.98. The highest BCUT2D eigenvalue weighted by Gasteiger charge is 2.25. The van der Waals surface area contributed by atoms with Crippen molar-refractivity contribution in [2.24, 2.45) is 0 Å². The largest absolute Gasteiger partial charge is 0.390 e. The van der Waals surface area contributed by atoms with E-state index in [2.05, 4.69) is 0 Å². The molecule has 1 fully saturated rings. The van der Waals surface area contributed by atoms with Crippen molar-refractivity contribution in [3.05, 3.63) is 0 Å². The number of aliphatic hydroxyl groups excluding tert-OH is 2.